The molecule has 1 aromatic heterocycles. The molecule has 146 valence electrons. The van der Waals surface area contributed by atoms with Gasteiger partial charge in [-0.15, -0.1) is 0 Å². The minimum atomic E-state index is -0.0407. The van der Waals surface area contributed by atoms with Crippen molar-refractivity contribution < 1.29 is 9.53 Å². The normalized spacial score (nSPS) is 10.9. The van der Waals surface area contributed by atoms with E-state index in [1.165, 1.54) is 11.3 Å². The van der Waals surface area contributed by atoms with Crippen LogP contribution in [-0.2, 0) is 6.54 Å². The van der Waals surface area contributed by atoms with Crippen LogP contribution in [0.3, 0.4) is 0 Å². The first-order valence-corrected chi connectivity index (χ1v) is 10.2. The number of benzene rings is 3. The van der Waals surface area contributed by atoms with Crippen LogP contribution in [0, 0.1) is 13.8 Å². The number of methoxy groups -OCH3 is 1. The van der Waals surface area contributed by atoms with Crippen LogP contribution in [-0.4, -0.2) is 18.0 Å². The molecular formula is C24H22N2O2S. The van der Waals surface area contributed by atoms with Gasteiger partial charge >= 0.3 is 0 Å². The van der Waals surface area contributed by atoms with Gasteiger partial charge in [-0.05, 0) is 49.2 Å². The molecule has 0 aliphatic rings. The van der Waals surface area contributed by atoms with Crippen molar-refractivity contribution in [2.45, 2.75) is 20.4 Å². The molecule has 0 unspecified atom stereocenters. The van der Waals surface area contributed by atoms with E-state index >= 15 is 0 Å². The molecule has 0 bridgehead atoms. The largest absolute Gasteiger partial charge is 0.497 e. The summed E-state index contributed by atoms with van der Waals surface area (Å²) in [5.41, 5.74) is 4.65. The third-order valence-corrected chi connectivity index (χ3v) is 5.91. The molecule has 0 aliphatic heterocycles. The quantitative estimate of drug-likeness (QED) is 0.426. The van der Waals surface area contributed by atoms with Crippen LogP contribution in [0.2, 0.25) is 0 Å². The Labute approximate surface area is 174 Å². The van der Waals surface area contributed by atoms with E-state index in [2.05, 4.69) is 0 Å². The Morgan fingerprint density at radius 1 is 1.03 bits per heavy atom. The Morgan fingerprint density at radius 3 is 2.59 bits per heavy atom. The second-order valence-corrected chi connectivity index (χ2v) is 8.03. The summed E-state index contributed by atoms with van der Waals surface area (Å²) >= 11 is 1.50. The molecule has 0 N–H and O–H groups in total. The Bertz CT molecular complexity index is 1170. The van der Waals surface area contributed by atoms with E-state index in [4.69, 9.17) is 9.72 Å². The number of hydrogen-bond acceptors (Lipinski definition) is 4. The van der Waals surface area contributed by atoms with E-state index in [0.29, 0.717) is 17.2 Å². The monoisotopic (exact) mass is 402 g/mol. The third kappa shape index (κ3) is 4.00. The molecule has 0 radical (unpaired) electrons. The van der Waals surface area contributed by atoms with Gasteiger partial charge in [-0.25, -0.2) is 4.98 Å². The van der Waals surface area contributed by atoms with Crippen LogP contribution in [0.1, 0.15) is 27.0 Å². The predicted molar refractivity (Wildman–Crippen MR) is 119 cm³/mol. The smallest absolute Gasteiger partial charge is 0.260 e. The molecule has 4 rings (SSSR count). The molecular weight excluding hydrogens is 380 g/mol. The Morgan fingerprint density at radius 2 is 1.83 bits per heavy atom. The molecule has 0 aliphatic carbocycles. The minimum Gasteiger partial charge on any atom is -0.497 e. The van der Waals surface area contributed by atoms with E-state index < -0.39 is 0 Å². The van der Waals surface area contributed by atoms with Gasteiger partial charge < -0.3 is 4.74 Å². The van der Waals surface area contributed by atoms with E-state index in [-0.39, 0.29) is 5.91 Å². The summed E-state index contributed by atoms with van der Waals surface area (Å²) in [7, 11) is 1.65. The first-order chi connectivity index (χ1) is 14.0. The number of thiazole rings is 1. The van der Waals surface area contributed by atoms with Crippen LogP contribution in [0.4, 0.5) is 5.13 Å². The van der Waals surface area contributed by atoms with Gasteiger partial charge in [0.1, 0.15) is 5.75 Å². The highest BCUT2D eigenvalue weighted by atomic mass is 32.1. The van der Waals surface area contributed by atoms with Crippen LogP contribution in [0.15, 0.2) is 66.7 Å². The van der Waals surface area contributed by atoms with E-state index in [9.17, 15) is 4.79 Å². The zero-order valence-corrected chi connectivity index (χ0v) is 17.5. The van der Waals surface area contributed by atoms with Gasteiger partial charge in [0.05, 0.1) is 23.9 Å². The zero-order valence-electron chi connectivity index (χ0n) is 16.7. The van der Waals surface area contributed by atoms with Crippen molar-refractivity contribution in [3.63, 3.8) is 0 Å². The standard InChI is InChI=1S/C24H22N2O2S/c1-16-9-10-17(2)20(13-16)23(27)26(15-18-7-5-4-6-8-18)24-25-21-12-11-19(28-3)14-22(21)29-24/h4-14H,15H2,1-3H3. The first-order valence-electron chi connectivity index (χ1n) is 9.43. The predicted octanol–water partition coefficient (Wildman–Crippen LogP) is 5.77. The molecule has 4 nitrogen and oxygen atoms in total. The van der Waals surface area contributed by atoms with E-state index in [1.807, 2.05) is 80.6 Å². The molecule has 1 heterocycles. The number of amides is 1. The number of hydrogen-bond donors (Lipinski definition) is 0. The number of fused-ring (bicyclic) bond motifs is 1. The summed E-state index contributed by atoms with van der Waals surface area (Å²) in [5, 5.41) is 0.683. The van der Waals surface area contributed by atoms with Gasteiger partial charge in [-0.1, -0.05) is 59.4 Å². The number of ether oxygens (including phenoxy) is 1. The second-order valence-electron chi connectivity index (χ2n) is 7.03. The third-order valence-electron chi connectivity index (χ3n) is 4.87. The molecule has 3 aromatic carbocycles. The number of carbonyl (C=O) groups is 1. The molecule has 1 amide bonds. The number of carbonyl (C=O) groups excluding carboxylic acids is 1. The maximum atomic E-state index is 13.6. The van der Waals surface area contributed by atoms with Gasteiger partial charge in [0, 0.05) is 5.56 Å². The van der Waals surface area contributed by atoms with Crippen LogP contribution >= 0.6 is 11.3 Å². The maximum Gasteiger partial charge on any atom is 0.260 e. The number of aryl methyl sites for hydroxylation is 2. The average Bonchev–Trinajstić information content (AvgIpc) is 3.16. The highest BCUT2D eigenvalue weighted by Crippen LogP contribution is 2.33. The van der Waals surface area contributed by atoms with Crippen LogP contribution in [0.25, 0.3) is 10.2 Å². The van der Waals surface area contributed by atoms with Gasteiger partial charge in [0.25, 0.3) is 5.91 Å². The Hall–Kier alpha value is -3.18. The molecule has 0 saturated heterocycles. The highest BCUT2D eigenvalue weighted by Gasteiger charge is 2.23. The lowest BCUT2D eigenvalue weighted by atomic mass is 10.0. The number of rotatable bonds is 5. The average molecular weight is 403 g/mol. The summed E-state index contributed by atoms with van der Waals surface area (Å²) in [6.07, 6.45) is 0. The summed E-state index contributed by atoms with van der Waals surface area (Å²) < 4.78 is 6.32. The topological polar surface area (TPSA) is 42.4 Å². The summed E-state index contributed by atoms with van der Waals surface area (Å²) in [6.45, 7) is 4.43. The Balaban J connectivity index is 1.79. The van der Waals surface area contributed by atoms with Gasteiger partial charge in [0.2, 0.25) is 0 Å². The lowest BCUT2D eigenvalue weighted by molar-refractivity contribution is 0.0984. The van der Waals surface area contributed by atoms with Crippen molar-refractivity contribution in [1.29, 1.82) is 0 Å². The molecule has 0 spiro atoms. The molecule has 0 saturated carbocycles. The number of nitrogens with zero attached hydrogens (tertiary/aromatic N) is 2. The number of aromatic nitrogens is 1. The second kappa shape index (κ2) is 8.05. The van der Waals surface area contributed by atoms with Gasteiger partial charge in [0.15, 0.2) is 5.13 Å². The van der Waals surface area contributed by atoms with Crippen molar-refractivity contribution in [3.05, 3.63) is 89.0 Å². The first kappa shape index (κ1) is 19.2. The lowest BCUT2D eigenvalue weighted by Crippen LogP contribution is -2.31. The zero-order chi connectivity index (χ0) is 20.4. The van der Waals surface area contributed by atoms with Crippen molar-refractivity contribution >= 4 is 32.6 Å². The van der Waals surface area contributed by atoms with Crippen molar-refractivity contribution in [1.82, 2.24) is 4.98 Å². The number of anilines is 1. The van der Waals surface area contributed by atoms with Crippen LogP contribution in [0.5, 0.6) is 5.75 Å². The fraction of sp³-hybridized carbons (Fsp3) is 0.167. The van der Waals surface area contributed by atoms with Crippen molar-refractivity contribution in [2.75, 3.05) is 12.0 Å². The van der Waals surface area contributed by atoms with Crippen molar-refractivity contribution in [3.8, 4) is 5.75 Å². The highest BCUT2D eigenvalue weighted by molar-refractivity contribution is 7.22. The fourth-order valence-electron chi connectivity index (χ4n) is 3.24. The molecule has 29 heavy (non-hydrogen) atoms. The molecule has 0 fully saturated rings. The Kier molecular flexibility index (Phi) is 5.32. The lowest BCUT2D eigenvalue weighted by Gasteiger charge is -2.21. The van der Waals surface area contributed by atoms with E-state index in [1.54, 1.807) is 12.0 Å². The molecule has 0 atom stereocenters. The summed E-state index contributed by atoms with van der Waals surface area (Å²) in [4.78, 5) is 20.1. The molecule has 5 heteroatoms. The van der Waals surface area contributed by atoms with Crippen LogP contribution < -0.4 is 9.64 Å². The van der Waals surface area contributed by atoms with Crippen molar-refractivity contribution in [2.24, 2.45) is 0 Å². The summed E-state index contributed by atoms with van der Waals surface area (Å²) in [6, 6.07) is 21.7. The maximum absolute atomic E-state index is 13.6. The minimum absolute atomic E-state index is 0.0407. The molecule has 4 aromatic rings. The van der Waals surface area contributed by atoms with E-state index in [0.717, 1.165) is 32.7 Å². The fourth-order valence-corrected chi connectivity index (χ4v) is 4.23. The summed E-state index contributed by atoms with van der Waals surface area (Å²) in [5.74, 6) is 0.740. The van der Waals surface area contributed by atoms with Gasteiger partial charge in [-0.2, -0.15) is 0 Å². The SMILES string of the molecule is COc1ccc2nc(N(Cc3ccccc3)C(=O)c3cc(C)ccc3C)sc2c1. The van der Waals surface area contributed by atoms with Gasteiger partial charge in [-0.3, -0.25) is 9.69 Å².